The zero-order valence-electron chi connectivity index (χ0n) is 12.9. The number of rotatable bonds is 5. The second kappa shape index (κ2) is 7.54. The van der Waals surface area contributed by atoms with Gasteiger partial charge in [0.05, 0.1) is 12.5 Å². The van der Waals surface area contributed by atoms with Gasteiger partial charge in [0.1, 0.15) is 5.75 Å². The largest absolute Gasteiger partial charge is 0.483 e. The first-order valence-electron chi connectivity index (χ1n) is 7.27. The predicted octanol–water partition coefficient (Wildman–Crippen LogP) is 2.10. The highest BCUT2D eigenvalue weighted by atomic mass is 32.2. The Bertz CT molecular complexity index is 541. The third-order valence-corrected chi connectivity index (χ3v) is 4.80. The Morgan fingerprint density at radius 3 is 2.68 bits per heavy atom. The SMILES string of the molecule is Cc1cccc(C)c1OCC(=O)N1CCSCC1CC(=O)O. The second-order valence-corrected chi connectivity index (χ2v) is 6.57. The van der Waals surface area contributed by atoms with E-state index in [1.54, 1.807) is 16.7 Å². The van der Waals surface area contributed by atoms with Crippen molar-refractivity contribution in [1.29, 1.82) is 0 Å². The number of hydrogen-bond donors (Lipinski definition) is 1. The number of benzene rings is 1. The third kappa shape index (κ3) is 4.16. The van der Waals surface area contributed by atoms with E-state index in [1.165, 1.54) is 0 Å². The van der Waals surface area contributed by atoms with Gasteiger partial charge in [-0.15, -0.1) is 0 Å². The fourth-order valence-corrected chi connectivity index (χ4v) is 3.66. The maximum atomic E-state index is 12.4. The second-order valence-electron chi connectivity index (χ2n) is 5.42. The van der Waals surface area contributed by atoms with Gasteiger partial charge in [-0.1, -0.05) is 18.2 Å². The molecule has 0 radical (unpaired) electrons. The van der Waals surface area contributed by atoms with Gasteiger partial charge in [0.2, 0.25) is 0 Å². The molecule has 0 saturated carbocycles. The zero-order chi connectivity index (χ0) is 16.1. The zero-order valence-corrected chi connectivity index (χ0v) is 13.7. The minimum Gasteiger partial charge on any atom is -0.483 e. The summed E-state index contributed by atoms with van der Waals surface area (Å²) in [5.74, 6) is 1.22. The van der Waals surface area contributed by atoms with Crippen LogP contribution < -0.4 is 4.74 Å². The van der Waals surface area contributed by atoms with Crippen molar-refractivity contribution in [2.45, 2.75) is 26.3 Å². The Balaban J connectivity index is 1.99. The molecule has 1 amide bonds. The van der Waals surface area contributed by atoms with Crippen LogP contribution in [0.5, 0.6) is 5.75 Å². The molecule has 22 heavy (non-hydrogen) atoms. The van der Waals surface area contributed by atoms with E-state index in [1.807, 2.05) is 32.0 Å². The minimum absolute atomic E-state index is 0.0118. The predicted molar refractivity (Wildman–Crippen MR) is 86.5 cm³/mol. The number of carbonyl (C=O) groups excluding carboxylic acids is 1. The smallest absolute Gasteiger partial charge is 0.305 e. The number of carboxylic acid groups (broad SMARTS) is 1. The lowest BCUT2D eigenvalue weighted by atomic mass is 10.1. The van der Waals surface area contributed by atoms with Gasteiger partial charge < -0.3 is 14.7 Å². The van der Waals surface area contributed by atoms with Gasteiger partial charge in [-0.25, -0.2) is 0 Å². The van der Waals surface area contributed by atoms with Crippen molar-refractivity contribution in [2.24, 2.45) is 0 Å². The molecule has 6 heteroatoms. The standard InChI is InChI=1S/C16H21NO4S/c1-11-4-3-5-12(2)16(11)21-9-14(18)17-6-7-22-10-13(17)8-15(19)20/h3-5,13H,6-10H2,1-2H3,(H,19,20). The van der Waals surface area contributed by atoms with Crippen LogP contribution >= 0.6 is 11.8 Å². The maximum Gasteiger partial charge on any atom is 0.305 e. The monoisotopic (exact) mass is 323 g/mol. The molecule has 0 bridgehead atoms. The summed E-state index contributed by atoms with van der Waals surface area (Å²) >= 11 is 1.69. The maximum absolute atomic E-state index is 12.4. The molecule has 1 N–H and O–H groups in total. The van der Waals surface area contributed by atoms with E-state index in [2.05, 4.69) is 0 Å². The molecule has 2 rings (SSSR count). The van der Waals surface area contributed by atoms with Crippen LogP contribution in [0.4, 0.5) is 0 Å². The number of aliphatic carboxylic acids is 1. The molecule has 1 atom stereocenters. The number of aryl methyl sites for hydroxylation is 2. The molecule has 1 saturated heterocycles. The lowest BCUT2D eigenvalue weighted by Crippen LogP contribution is -2.48. The first-order valence-corrected chi connectivity index (χ1v) is 8.42. The van der Waals surface area contributed by atoms with Gasteiger partial charge in [0, 0.05) is 18.1 Å². The lowest BCUT2D eigenvalue weighted by Gasteiger charge is -2.34. The van der Waals surface area contributed by atoms with E-state index >= 15 is 0 Å². The van der Waals surface area contributed by atoms with Gasteiger partial charge in [-0.2, -0.15) is 11.8 Å². The summed E-state index contributed by atoms with van der Waals surface area (Å²) in [4.78, 5) is 25.0. The van der Waals surface area contributed by atoms with E-state index in [0.717, 1.165) is 22.6 Å². The number of nitrogens with zero attached hydrogens (tertiary/aromatic N) is 1. The van der Waals surface area contributed by atoms with Gasteiger partial charge >= 0.3 is 5.97 Å². The van der Waals surface area contributed by atoms with Crippen LogP contribution in [0.2, 0.25) is 0 Å². The molecule has 1 aliphatic heterocycles. The molecule has 0 aromatic heterocycles. The summed E-state index contributed by atoms with van der Waals surface area (Å²) in [5, 5.41) is 8.97. The first kappa shape index (κ1) is 16.7. The van der Waals surface area contributed by atoms with Crippen molar-refractivity contribution in [3.05, 3.63) is 29.3 Å². The average molecular weight is 323 g/mol. The van der Waals surface area contributed by atoms with Crippen molar-refractivity contribution in [2.75, 3.05) is 24.7 Å². The van der Waals surface area contributed by atoms with E-state index in [9.17, 15) is 9.59 Å². The van der Waals surface area contributed by atoms with Crippen LogP contribution in [0.3, 0.4) is 0 Å². The molecule has 5 nitrogen and oxygen atoms in total. The summed E-state index contributed by atoms with van der Waals surface area (Å²) in [5.41, 5.74) is 1.98. The molecule has 0 aliphatic carbocycles. The van der Waals surface area contributed by atoms with Gasteiger partial charge in [-0.3, -0.25) is 9.59 Å². The number of carbonyl (C=O) groups is 2. The Labute approximate surface area is 134 Å². The van der Waals surface area contributed by atoms with Crippen LogP contribution in [0.25, 0.3) is 0 Å². The fourth-order valence-electron chi connectivity index (χ4n) is 2.60. The summed E-state index contributed by atoms with van der Waals surface area (Å²) in [6, 6.07) is 5.59. The minimum atomic E-state index is -0.874. The Kier molecular flexibility index (Phi) is 5.71. The quantitative estimate of drug-likeness (QED) is 0.899. The average Bonchev–Trinajstić information content (AvgIpc) is 2.46. The fraction of sp³-hybridized carbons (Fsp3) is 0.500. The van der Waals surface area contributed by atoms with Crippen molar-refractivity contribution < 1.29 is 19.4 Å². The molecule has 1 aromatic carbocycles. The first-order chi connectivity index (χ1) is 10.5. The molecule has 120 valence electrons. The van der Waals surface area contributed by atoms with Crippen LogP contribution in [0, 0.1) is 13.8 Å². The number of carboxylic acids is 1. The molecular formula is C16H21NO4S. The highest BCUT2D eigenvalue weighted by molar-refractivity contribution is 7.99. The molecule has 1 fully saturated rings. The van der Waals surface area contributed by atoms with Crippen molar-refractivity contribution in [3.8, 4) is 5.75 Å². The molecule has 1 unspecified atom stereocenters. The molecule has 1 aliphatic rings. The van der Waals surface area contributed by atoms with E-state index < -0.39 is 5.97 Å². The Hall–Kier alpha value is -1.69. The molecular weight excluding hydrogens is 302 g/mol. The molecule has 1 heterocycles. The van der Waals surface area contributed by atoms with Crippen LogP contribution in [-0.2, 0) is 9.59 Å². The molecule has 1 aromatic rings. The van der Waals surface area contributed by atoms with E-state index in [4.69, 9.17) is 9.84 Å². The van der Waals surface area contributed by atoms with Gasteiger partial charge in [-0.05, 0) is 25.0 Å². The third-order valence-electron chi connectivity index (χ3n) is 3.71. The number of amides is 1. The number of hydrogen-bond acceptors (Lipinski definition) is 4. The number of para-hydroxylation sites is 1. The van der Waals surface area contributed by atoms with Crippen LogP contribution in [-0.4, -0.2) is 52.6 Å². The lowest BCUT2D eigenvalue weighted by molar-refractivity contribution is -0.141. The van der Waals surface area contributed by atoms with E-state index in [-0.39, 0.29) is 25.0 Å². The highest BCUT2D eigenvalue weighted by Crippen LogP contribution is 2.23. The summed E-state index contributed by atoms with van der Waals surface area (Å²) in [7, 11) is 0. The Morgan fingerprint density at radius 2 is 2.05 bits per heavy atom. The normalized spacial score (nSPS) is 18.1. The van der Waals surface area contributed by atoms with Crippen LogP contribution in [0.1, 0.15) is 17.5 Å². The number of ether oxygens (including phenoxy) is 1. The van der Waals surface area contributed by atoms with Crippen molar-refractivity contribution in [1.82, 2.24) is 4.90 Å². The van der Waals surface area contributed by atoms with Crippen LogP contribution in [0.15, 0.2) is 18.2 Å². The van der Waals surface area contributed by atoms with Crippen molar-refractivity contribution in [3.63, 3.8) is 0 Å². The highest BCUT2D eigenvalue weighted by Gasteiger charge is 2.29. The summed E-state index contributed by atoms with van der Waals surface area (Å²) in [6.45, 7) is 4.42. The summed E-state index contributed by atoms with van der Waals surface area (Å²) in [6.07, 6.45) is -0.0118. The van der Waals surface area contributed by atoms with Gasteiger partial charge in [0.15, 0.2) is 6.61 Å². The molecule has 0 spiro atoms. The number of thioether (sulfide) groups is 1. The van der Waals surface area contributed by atoms with Gasteiger partial charge in [0.25, 0.3) is 5.91 Å². The van der Waals surface area contributed by atoms with Crippen molar-refractivity contribution >= 4 is 23.6 Å². The summed E-state index contributed by atoms with van der Waals surface area (Å²) < 4.78 is 5.69. The topological polar surface area (TPSA) is 66.8 Å². The van der Waals surface area contributed by atoms with E-state index in [0.29, 0.717) is 12.3 Å². The Morgan fingerprint density at radius 1 is 1.36 bits per heavy atom.